The minimum absolute atomic E-state index is 0.115. The van der Waals surface area contributed by atoms with Crippen molar-refractivity contribution in [2.45, 2.75) is 13.0 Å². The summed E-state index contributed by atoms with van der Waals surface area (Å²) in [6.45, 7) is 1.72. The average molecular weight is 367 g/mol. The molecule has 3 aromatic carbocycles. The number of ketones is 1. The number of benzene rings is 3. The molecular weight excluding hydrogens is 348 g/mol. The summed E-state index contributed by atoms with van der Waals surface area (Å²) < 4.78 is 10.9. The molecule has 3 aromatic rings. The Morgan fingerprint density at radius 1 is 0.923 bits per heavy atom. The van der Waals surface area contributed by atoms with E-state index in [9.17, 15) is 4.79 Å². The van der Waals surface area contributed by atoms with Gasteiger partial charge in [0.15, 0.2) is 6.10 Å². The predicted molar refractivity (Wildman–Crippen MR) is 104 cm³/mol. The van der Waals surface area contributed by atoms with Gasteiger partial charge in [0.25, 0.3) is 0 Å². The van der Waals surface area contributed by atoms with Crippen LogP contribution in [0.2, 0.25) is 5.02 Å². The molecule has 0 aromatic heterocycles. The van der Waals surface area contributed by atoms with Crippen LogP contribution in [0.4, 0.5) is 0 Å². The van der Waals surface area contributed by atoms with Gasteiger partial charge in [0.2, 0.25) is 5.78 Å². The summed E-state index contributed by atoms with van der Waals surface area (Å²) in [5.41, 5.74) is 2.63. The molecule has 0 aliphatic rings. The fourth-order valence-electron chi connectivity index (χ4n) is 2.64. The monoisotopic (exact) mass is 366 g/mol. The van der Waals surface area contributed by atoms with Crippen molar-refractivity contribution in [3.63, 3.8) is 0 Å². The smallest absolute Gasteiger partial charge is 0.202 e. The molecule has 0 amide bonds. The fraction of sp³-hybridized carbons (Fsp3) is 0.136. The highest BCUT2D eigenvalue weighted by Crippen LogP contribution is 2.31. The van der Waals surface area contributed by atoms with Gasteiger partial charge in [0.1, 0.15) is 11.5 Å². The van der Waals surface area contributed by atoms with Crippen LogP contribution in [0, 0.1) is 0 Å². The zero-order valence-corrected chi connectivity index (χ0v) is 15.4. The van der Waals surface area contributed by atoms with Crippen LogP contribution in [-0.2, 0) is 0 Å². The van der Waals surface area contributed by atoms with Crippen LogP contribution in [0.5, 0.6) is 11.5 Å². The van der Waals surface area contributed by atoms with Crippen LogP contribution >= 0.6 is 11.6 Å². The topological polar surface area (TPSA) is 35.5 Å². The largest absolute Gasteiger partial charge is 0.497 e. The van der Waals surface area contributed by atoms with Gasteiger partial charge < -0.3 is 9.47 Å². The lowest BCUT2D eigenvalue weighted by Gasteiger charge is -2.16. The molecule has 0 spiro atoms. The van der Waals surface area contributed by atoms with E-state index in [4.69, 9.17) is 21.1 Å². The molecule has 0 bridgehead atoms. The number of carbonyl (C=O) groups is 1. The first-order valence-electron chi connectivity index (χ1n) is 8.28. The number of halogens is 1. The van der Waals surface area contributed by atoms with E-state index >= 15 is 0 Å². The summed E-state index contributed by atoms with van der Waals surface area (Å²) in [7, 11) is 1.59. The Balaban J connectivity index is 1.74. The van der Waals surface area contributed by atoms with E-state index < -0.39 is 6.10 Å². The molecule has 132 valence electrons. The van der Waals surface area contributed by atoms with Crippen LogP contribution < -0.4 is 9.47 Å². The van der Waals surface area contributed by atoms with Crippen LogP contribution in [0.25, 0.3) is 11.1 Å². The van der Waals surface area contributed by atoms with E-state index in [-0.39, 0.29) is 5.78 Å². The molecule has 0 radical (unpaired) electrons. The molecule has 0 saturated heterocycles. The third-order valence-electron chi connectivity index (χ3n) is 4.09. The van der Waals surface area contributed by atoms with E-state index in [1.807, 2.05) is 42.5 Å². The maximum atomic E-state index is 12.5. The van der Waals surface area contributed by atoms with Crippen LogP contribution in [-0.4, -0.2) is 19.0 Å². The number of methoxy groups -OCH3 is 1. The van der Waals surface area contributed by atoms with E-state index in [1.165, 1.54) is 0 Å². The lowest BCUT2D eigenvalue weighted by molar-refractivity contribution is 0.0818. The standard InChI is InChI=1S/C22H19ClO3/c1-15(22(24)17-8-11-19(25-2)12-9-17)26-21-13-10-18(14-20(21)23)16-6-4-3-5-7-16/h3-15H,1-2H3/t15-/m1/s1. The van der Waals surface area contributed by atoms with Crippen molar-refractivity contribution < 1.29 is 14.3 Å². The average Bonchev–Trinajstić information content (AvgIpc) is 2.69. The Bertz CT molecular complexity index is 889. The summed E-state index contributed by atoms with van der Waals surface area (Å²) in [6, 6.07) is 22.5. The quantitative estimate of drug-likeness (QED) is 0.527. The van der Waals surface area contributed by atoms with Gasteiger partial charge in [-0.25, -0.2) is 0 Å². The van der Waals surface area contributed by atoms with Gasteiger partial charge in [-0.3, -0.25) is 4.79 Å². The van der Waals surface area contributed by atoms with E-state index in [0.717, 1.165) is 11.1 Å². The Morgan fingerprint density at radius 3 is 2.23 bits per heavy atom. The van der Waals surface area contributed by atoms with E-state index in [2.05, 4.69) is 0 Å². The second-order valence-corrected chi connectivity index (χ2v) is 6.27. The van der Waals surface area contributed by atoms with Crippen molar-refractivity contribution in [2.75, 3.05) is 7.11 Å². The van der Waals surface area contributed by atoms with Gasteiger partial charge >= 0.3 is 0 Å². The van der Waals surface area contributed by atoms with E-state index in [0.29, 0.717) is 22.1 Å². The Labute approximate surface area is 158 Å². The van der Waals surface area contributed by atoms with Gasteiger partial charge in [-0.15, -0.1) is 0 Å². The highest BCUT2D eigenvalue weighted by Gasteiger charge is 2.18. The molecule has 4 heteroatoms. The zero-order chi connectivity index (χ0) is 18.5. The molecule has 3 nitrogen and oxygen atoms in total. The first-order valence-corrected chi connectivity index (χ1v) is 8.66. The number of hydrogen-bond donors (Lipinski definition) is 0. The van der Waals surface area contributed by atoms with Crippen LogP contribution in [0.15, 0.2) is 72.8 Å². The third-order valence-corrected chi connectivity index (χ3v) is 4.38. The SMILES string of the molecule is COc1ccc(C(=O)[C@@H](C)Oc2ccc(-c3ccccc3)cc2Cl)cc1. The van der Waals surface area contributed by atoms with Crippen molar-refractivity contribution in [3.8, 4) is 22.6 Å². The van der Waals surface area contributed by atoms with Gasteiger partial charge in [-0.05, 0) is 54.4 Å². The number of carbonyl (C=O) groups excluding carboxylic acids is 1. The normalized spacial score (nSPS) is 11.7. The summed E-state index contributed by atoms with van der Waals surface area (Å²) in [5, 5.41) is 0.473. The fourth-order valence-corrected chi connectivity index (χ4v) is 2.87. The van der Waals surface area contributed by atoms with Crippen LogP contribution in [0.1, 0.15) is 17.3 Å². The van der Waals surface area contributed by atoms with Crippen molar-refractivity contribution >= 4 is 17.4 Å². The molecule has 0 N–H and O–H groups in total. The molecule has 0 aliphatic heterocycles. The molecular formula is C22H19ClO3. The lowest BCUT2D eigenvalue weighted by atomic mass is 10.1. The third kappa shape index (κ3) is 4.06. The Kier molecular flexibility index (Phi) is 5.59. The number of hydrogen-bond acceptors (Lipinski definition) is 3. The van der Waals surface area contributed by atoms with Gasteiger partial charge in [-0.1, -0.05) is 48.0 Å². The minimum Gasteiger partial charge on any atom is -0.497 e. The highest BCUT2D eigenvalue weighted by atomic mass is 35.5. The number of rotatable bonds is 6. The van der Waals surface area contributed by atoms with Gasteiger partial charge in [0, 0.05) is 5.56 Å². The second kappa shape index (κ2) is 8.07. The lowest BCUT2D eigenvalue weighted by Crippen LogP contribution is -2.24. The predicted octanol–water partition coefficient (Wildman–Crippen LogP) is 5.67. The summed E-state index contributed by atoms with van der Waals surface area (Å²) in [4.78, 5) is 12.5. The van der Waals surface area contributed by atoms with E-state index in [1.54, 1.807) is 44.4 Å². The zero-order valence-electron chi connectivity index (χ0n) is 14.6. The first kappa shape index (κ1) is 18.0. The van der Waals surface area contributed by atoms with Crippen molar-refractivity contribution in [3.05, 3.63) is 83.4 Å². The summed E-state index contributed by atoms with van der Waals surface area (Å²) in [6.07, 6.45) is -0.650. The molecule has 0 unspecified atom stereocenters. The molecule has 0 heterocycles. The Morgan fingerprint density at radius 2 is 1.62 bits per heavy atom. The molecule has 0 saturated carbocycles. The van der Waals surface area contributed by atoms with Crippen molar-refractivity contribution in [1.82, 2.24) is 0 Å². The molecule has 0 fully saturated rings. The minimum atomic E-state index is -0.650. The number of ether oxygens (including phenoxy) is 2. The second-order valence-electron chi connectivity index (χ2n) is 5.86. The molecule has 3 rings (SSSR count). The molecule has 26 heavy (non-hydrogen) atoms. The van der Waals surface area contributed by atoms with Gasteiger partial charge in [-0.2, -0.15) is 0 Å². The first-order chi connectivity index (χ1) is 12.6. The highest BCUT2D eigenvalue weighted by molar-refractivity contribution is 6.32. The van der Waals surface area contributed by atoms with Crippen molar-refractivity contribution in [2.24, 2.45) is 0 Å². The van der Waals surface area contributed by atoms with Crippen molar-refractivity contribution in [1.29, 1.82) is 0 Å². The molecule has 0 aliphatic carbocycles. The Hall–Kier alpha value is -2.78. The maximum Gasteiger partial charge on any atom is 0.202 e. The van der Waals surface area contributed by atoms with Crippen LogP contribution in [0.3, 0.4) is 0 Å². The summed E-state index contributed by atoms with van der Waals surface area (Å²) in [5.74, 6) is 1.08. The van der Waals surface area contributed by atoms with Gasteiger partial charge in [0.05, 0.1) is 12.1 Å². The summed E-state index contributed by atoms with van der Waals surface area (Å²) >= 11 is 6.36. The number of Topliss-reactive ketones (excluding diaryl/α,β-unsaturated/α-hetero) is 1. The molecule has 1 atom stereocenters. The maximum absolute atomic E-state index is 12.5.